The molecule has 0 bridgehead atoms. The zero-order chi connectivity index (χ0) is 31.5. The number of aliphatic hydroxyl groups is 1. The maximum Gasteiger partial charge on any atom is 0.408 e. The molecule has 0 aliphatic carbocycles. The number of hydrogen-bond donors (Lipinski definition) is 4. The van der Waals surface area contributed by atoms with Crippen molar-refractivity contribution < 1.29 is 31.6 Å². The van der Waals surface area contributed by atoms with Gasteiger partial charge in [0.15, 0.2) is 11.5 Å². The summed E-state index contributed by atoms with van der Waals surface area (Å²) in [5.41, 5.74) is -2.11. The first kappa shape index (κ1) is 30.9. The molecule has 1 aliphatic rings. The van der Waals surface area contributed by atoms with Gasteiger partial charge in [-0.15, -0.1) is 0 Å². The number of rotatable bonds is 11. The van der Waals surface area contributed by atoms with Gasteiger partial charge in [-0.2, -0.15) is 18.3 Å². The molecule has 0 fully saturated rings. The van der Waals surface area contributed by atoms with Crippen molar-refractivity contribution in [1.82, 2.24) is 30.9 Å². The molecule has 232 valence electrons. The van der Waals surface area contributed by atoms with Crippen LogP contribution in [-0.4, -0.2) is 51.1 Å². The summed E-state index contributed by atoms with van der Waals surface area (Å²) in [6.45, 7) is 1.12. The van der Waals surface area contributed by atoms with Crippen molar-refractivity contribution in [3.8, 4) is 11.4 Å². The molecule has 3 atom stereocenters. The molecule has 44 heavy (non-hydrogen) atoms. The number of benzene rings is 2. The highest BCUT2D eigenvalue weighted by Crippen LogP contribution is 2.34. The van der Waals surface area contributed by atoms with Crippen molar-refractivity contribution >= 4 is 6.21 Å². The summed E-state index contributed by atoms with van der Waals surface area (Å²) in [6.07, 6.45) is -2.54. The van der Waals surface area contributed by atoms with Crippen LogP contribution in [0.25, 0.3) is 11.4 Å². The van der Waals surface area contributed by atoms with E-state index in [1.807, 2.05) is 0 Å². The highest BCUT2D eigenvalue weighted by Gasteiger charge is 2.52. The minimum absolute atomic E-state index is 0.0208. The van der Waals surface area contributed by atoms with Crippen LogP contribution in [0.15, 0.2) is 94.2 Å². The van der Waals surface area contributed by atoms with E-state index in [9.17, 15) is 27.1 Å². The van der Waals surface area contributed by atoms with E-state index < -0.39 is 48.2 Å². The predicted octanol–water partition coefficient (Wildman–Crippen LogP) is 4.94. The van der Waals surface area contributed by atoms with Crippen LogP contribution in [0.3, 0.4) is 0 Å². The minimum Gasteiger partial charge on any atom is -0.394 e. The van der Waals surface area contributed by atoms with E-state index in [0.717, 1.165) is 13.1 Å². The van der Waals surface area contributed by atoms with Crippen LogP contribution in [0.2, 0.25) is 0 Å². The molecule has 1 aliphatic heterocycles. The van der Waals surface area contributed by atoms with Gasteiger partial charge in [-0.1, -0.05) is 53.7 Å². The summed E-state index contributed by atoms with van der Waals surface area (Å²) in [4.78, 5) is 4.24. The molecule has 14 heteroatoms. The molecule has 4 N–H and O–H groups in total. The first-order valence-electron chi connectivity index (χ1n) is 13.6. The lowest BCUT2D eigenvalue weighted by Crippen LogP contribution is -2.62. The normalized spacial score (nSPS) is 19.0. The standard InChI is InChI=1S/C30H30F5N7O2/c1-28(30(33,34)35,38-24(17-43)19-8-4-3-5-9-19)18-36-27-22(32)15-37-29(2,39-27)26-14-25(23-12-13-44-41-23)42(40-26)16-20-10-6-7-11-21(20)31/h3-15,24,36,38-39,43H,16-18H2,1-2H3/t24?,28-,29?/m0/s1. The number of nitrogens with zero attached hydrogens (tertiary/aromatic N) is 4. The minimum atomic E-state index is -4.79. The molecule has 0 spiro atoms. The molecule has 0 saturated carbocycles. The van der Waals surface area contributed by atoms with Crippen molar-refractivity contribution in [2.24, 2.45) is 4.99 Å². The Labute approximate surface area is 249 Å². The van der Waals surface area contributed by atoms with Gasteiger partial charge in [0.25, 0.3) is 0 Å². The van der Waals surface area contributed by atoms with Gasteiger partial charge in [-0.05, 0) is 31.5 Å². The Morgan fingerprint density at radius 1 is 1.07 bits per heavy atom. The van der Waals surface area contributed by atoms with E-state index in [0.29, 0.717) is 22.5 Å². The van der Waals surface area contributed by atoms with Crippen molar-refractivity contribution in [1.29, 1.82) is 0 Å². The van der Waals surface area contributed by atoms with Crippen LogP contribution < -0.4 is 16.0 Å². The van der Waals surface area contributed by atoms with Crippen LogP contribution in [0, 0.1) is 5.82 Å². The zero-order valence-electron chi connectivity index (χ0n) is 23.7. The topological polar surface area (TPSA) is 113 Å². The molecule has 3 heterocycles. The third-order valence-electron chi connectivity index (χ3n) is 7.42. The maximum absolute atomic E-state index is 15.0. The first-order valence-corrected chi connectivity index (χ1v) is 13.6. The van der Waals surface area contributed by atoms with Crippen LogP contribution in [0.1, 0.15) is 36.7 Å². The molecule has 0 amide bonds. The molecule has 4 aromatic rings. The fourth-order valence-electron chi connectivity index (χ4n) is 4.76. The number of alkyl halides is 3. The number of hydrogen-bond acceptors (Lipinski definition) is 8. The van der Waals surface area contributed by atoms with Crippen LogP contribution in [0.4, 0.5) is 22.0 Å². The molecule has 0 saturated heterocycles. The van der Waals surface area contributed by atoms with E-state index in [1.54, 1.807) is 67.6 Å². The largest absolute Gasteiger partial charge is 0.408 e. The number of aliphatic hydroxyl groups excluding tert-OH is 1. The van der Waals surface area contributed by atoms with Crippen molar-refractivity contribution in [2.75, 3.05) is 13.2 Å². The van der Waals surface area contributed by atoms with E-state index >= 15 is 0 Å². The number of aromatic nitrogens is 3. The van der Waals surface area contributed by atoms with Gasteiger partial charge < -0.3 is 20.3 Å². The van der Waals surface area contributed by atoms with Crippen molar-refractivity contribution in [2.45, 2.75) is 43.8 Å². The van der Waals surface area contributed by atoms with Crippen LogP contribution in [-0.2, 0) is 12.2 Å². The number of nitrogens with one attached hydrogen (secondary N) is 3. The lowest BCUT2D eigenvalue weighted by atomic mass is 9.97. The van der Waals surface area contributed by atoms with Gasteiger partial charge in [0.1, 0.15) is 34.8 Å². The third kappa shape index (κ3) is 6.36. The average Bonchev–Trinajstić information content (AvgIpc) is 3.68. The Morgan fingerprint density at radius 2 is 1.80 bits per heavy atom. The second-order valence-electron chi connectivity index (χ2n) is 10.7. The zero-order valence-corrected chi connectivity index (χ0v) is 23.7. The quantitative estimate of drug-likeness (QED) is 0.177. The van der Waals surface area contributed by atoms with Crippen LogP contribution >= 0.6 is 0 Å². The van der Waals surface area contributed by atoms with E-state index in [2.05, 4.69) is 31.2 Å². The number of allylic oxidation sites excluding steroid dienone is 1. The average molecular weight is 616 g/mol. The second-order valence-corrected chi connectivity index (χ2v) is 10.7. The Balaban J connectivity index is 1.40. The molecule has 5 rings (SSSR count). The molecular weight excluding hydrogens is 585 g/mol. The molecule has 2 unspecified atom stereocenters. The Hall–Kier alpha value is -4.56. The monoisotopic (exact) mass is 615 g/mol. The molecule has 2 aromatic carbocycles. The Bertz CT molecular complexity index is 1640. The van der Waals surface area contributed by atoms with E-state index in [1.165, 1.54) is 17.0 Å². The highest BCUT2D eigenvalue weighted by atomic mass is 19.4. The van der Waals surface area contributed by atoms with Gasteiger partial charge in [0, 0.05) is 18.2 Å². The summed E-state index contributed by atoms with van der Waals surface area (Å²) < 4.78 is 79.1. The second kappa shape index (κ2) is 12.2. The number of aliphatic imine (C=N–C) groups is 1. The SMILES string of the molecule is CC1(c2cc(-c3ccon3)n(Cc3ccccc3F)n2)N=CC(F)=C(NC[C@](C)(NC(CO)c2ccccc2)C(F)(F)F)N1. The number of halogens is 5. The highest BCUT2D eigenvalue weighted by molar-refractivity contribution is 5.78. The predicted molar refractivity (Wildman–Crippen MR) is 152 cm³/mol. The summed E-state index contributed by atoms with van der Waals surface area (Å²) in [7, 11) is 0. The summed E-state index contributed by atoms with van der Waals surface area (Å²) in [5, 5.41) is 26.3. The van der Waals surface area contributed by atoms with Crippen molar-refractivity contribution in [3.63, 3.8) is 0 Å². The van der Waals surface area contributed by atoms with Gasteiger partial charge in [-0.3, -0.25) is 15.0 Å². The van der Waals surface area contributed by atoms with E-state index in [4.69, 9.17) is 4.52 Å². The summed E-state index contributed by atoms with van der Waals surface area (Å²) in [5.74, 6) is -1.70. The summed E-state index contributed by atoms with van der Waals surface area (Å²) in [6, 6.07) is 16.6. The molecule has 0 radical (unpaired) electrons. The van der Waals surface area contributed by atoms with Crippen molar-refractivity contribution in [3.05, 3.63) is 107 Å². The fraction of sp³-hybridized carbons (Fsp3) is 0.300. The van der Waals surface area contributed by atoms with Gasteiger partial charge in [0.2, 0.25) is 0 Å². The lowest BCUT2D eigenvalue weighted by Gasteiger charge is -2.38. The first-order chi connectivity index (χ1) is 20.9. The van der Waals surface area contributed by atoms with Gasteiger partial charge >= 0.3 is 6.18 Å². The molecular formula is C30H30F5N7O2. The third-order valence-corrected chi connectivity index (χ3v) is 7.42. The van der Waals surface area contributed by atoms with Crippen LogP contribution in [0.5, 0.6) is 0 Å². The molecule has 2 aromatic heterocycles. The van der Waals surface area contributed by atoms with E-state index in [-0.39, 0.29) is 18.1 Å². The van der Waals surface area contributed by atoms with Gasteiger partial charge in [-0.25, -0.2) is 8.78 Å². The fourth-order valence-corrected chi connectivity index (χ4v) is 4.76. The molecule has 9 nitrogen and oxygen atoms in total. The Morgan fingerprint density at radius 3 is 2.45 bits per heavy atom. The maximum atomic E-state index is 15.0. The Kier molecular flexibility index (Phi) is 8.57. The van der Waals surface area contributed by atoms with Gasteiger partial charge in [0.05, 0.1) is 31.1 Å². The lowest BCUT2D eigenvalue weighted by molar-refractivity contribution is -0.193. The smallest absolute Gasteiger partial charge is 0.394 e. The summed E-state index contributed by atoms with van der Waals surface area (Å²) >= 11 is 0.